The summed E-state index contributed by atoms with van der Waals surface area (Å²) in [5.74, 6) is 0. The van der Waals surface area contributed by atoms with E-state index in [2.05, 4.69) is 46.4 Å². The molecule has 1 N–H and O–H groups in total. The minimum absolute atomic E-state index is 0.193. The molecule has 0 saturated carbocycles. The molecule has 1 aromatic rings. The molecule has 134 valence electrons. The molecule has 0 radical (unpaired) electrons. The Balaban J connectivity index is 1.89. The van der Waals surface area contributed by atoms with Crippen LogP contribution in [0.3, 0.4) is 0 Å². The highest BCUT2D eigenvalue weighted by molar-refractivity contribution is 9.10. The molecule has 5 heteroatoms. The van der Waals surface area contributed by atoms with E-state index in [0.29, 0.717) is 6.04 Å². The quantitative estimate of drug-likeness (QED) is 0.790. The standard InChI is InChI=1S/C19H29BrN2O2/c1-14(16-9-5-6-10-17(16)20)21-15-8-7-12-22(13-11-15)18(23)24-19(2,3)4/h5-6,9-10,14-15,21H,7-8,11-13H2,1-4H3/t14-,15?/m0/s1. The molecule has 24 heavy (non-hydrogen) atoms. The molecule has 2 atom stereocenters. The van der Waals surface area contributed by atoms with E-state index in [4.69, 9.17) is 4.74 Å². The van der Waals surface area contributed by atoms with Crippen LogP contribution in [0, 0.1) is 0 Å². The SMILES string of the molecule is C[C@H](NC1CCCN(C(=O)OC(C)(C)C)CC1)c1ccccc1Br. The Bertz CT molecular complexity index is 557. The van der Waals surface area contributed by atoms with Crippen LogP contribution < -0.4 is 5.32 Å². The van der Waals surface area contributed by atoms with E-state index in [-0.39, 0.29) is 12.1 Å². The van der Waals surface area contributed by atoms with Gasteiger partial charge in [0.25, 0.3) is 0 Å². The van der Waals surface area contributed by atoms with Gasteiger partial charge < -0.3 is 15.0 Å². The number of ether oxygens (including phenoxy) is 1. The van der Waals surface area contributed by atoms with E-state index in [0.717, 1.165) is 36.8 Å². The van der Waals surface area contributed by atoms with Crippen molar-refractivity contribution in [2.24, 2.45) is 0 Å². The van der Waals surface area contributed by atoms with Crippen molar-refractivity contribution in [2.75, 3.05) is 13.1 Å². The first kappa shape index (κ1) is 19.3. The summed E-state index contributed by atoms with van der Waals surface area (Å²) < 4.78 is 6.63. The Hall–Kier alpha value is -1.07. The normalized spacial score (nSPS) is 20.4. The van der Waals surface area contributed by atoms with Gasteiger partial charge in [-0.2, -0.15) is 0 Å². The number of hydrogen-bond donors (Lipinski definition) is 1. The summed E-state index contributed by atoms with van der Waals surface area (Å²) in [4.78, 5) is 14.1. The van der Waals surface area contributed by atoms with Crippen LogP contribution in [0.5, 0.6) is 0 Å². The molecule has 1 unspecified atom stereocenters. The number of rotatable bonds is 3. The minimum Gasteiger partial charge on any atom is -0.444 e. The van der Waals surface area contributed by atoms with Crippen molar-refractivity contribution in [3.05, 3.63) is 34.3 Å². The minimum atomic E-state index is -0.435. The third kappa shape index (κ3) is 5.78. The van der Waals surface area contributed by atoms with Gasteiger partial charge in [-0.05, 0) is 58.6 Å². The van der Waals surface area contributed by atoms with Gasteiger partial charge in [-0.3, -0.25) is 0 Å². The van der Waals surface area contributed by atoms with E-state index in [1.807, 2.05) is 31.7 Å². The molecule has 1 aromatic carbocycles. The first-order valence-electron chi connectivity index (χ1n) is 8.74. The van der Waals surface area contributed by atoms with Gasteiger partial charge in [-0.25, -0.2) is 4.79 Å². The first-order chi connectivity index (χ1) is 11.3. The van der Waals surface area contributed by atoms with Gasteiger partial charge >= 0.3 is 6.09 Å². The van der Waals surface area contributed by atoms with Crippen molar-refractivity contribution in [3.8, 4) is 0 Å². The predicted molar refractivity (Wildman–Crippen MR) is 101 cm³/mol. The fraction of sp³-hybridized carbons (Fsp3) is 0.632. The van der Waals surface area contributed by atoms with Gasteiger partial charge in [0, 0.05) is 29.6 Å². The molecule has 4 nitrogen and oxygen atoms in total. The zero-order valence-corrected chi connectivity index (χ0v) is 16.7. The van der Waals surface area contributed by atoms with Gasteiger partial charge in [0.15, 0.2) is 0 Å². The zero-order chi connectivity index (χ0) is 17.7. The monoisotopic (exact) mass is 396 g/mol. The van der Waals surface area contributed by atoms with Crippen LogP contribution >= 0.6 is 15.9 Å². The van der Waals surface area contributed by atoms with Crippen LogP contribution in [-0.4, -0.2) is 35.7 Å². The number of carbonyl (C=O) groups is 1. The molecule has 1 fully saturated rings. The topological polar surface area (TPSA) is 41.6 Å². The molecule has 0 aromatic heterocycles. The third-order valence-electron chi connectivity index (χ3n) is 4.24. The van der Waals surface area contributed by atoms with E-state index in [1.54, 1.807) is 0 Å². The Morgan fingerprint density at radius 1 is 1.29 bits per heavy atom. The van der Waals surface area contributed by atoms with Crippen molar-refractivity contribution in [2.45, 2.75) is 64.6 Å². The molecule has 0 bridgehead atoms. The molecule has 1 amide bonds. The number of carbonyl (C=O) groups excluding carboxylic acids is 1. The molecular formula is C19H29BrN2O2. The average Bonchev–Trinajstić information content (AvgIpc) is 2.71. The second-order valence-electron chi connectivity index (χ2n) is 7.51. The maximum absolute atomic E-state index is 12.2. The summed E-state index contributed by atoms with van der Waals surface area (Å²) in [6, 6.07) is 9.01. The van der Waals surface area contributed by atoms with Gasteiger partial charge in [0.2, 0.25) is 0 Å². The molecule has 0 aliphatic carbocycles. The Kier molecular flexibility index (Phi) is 6.70. The lowest BCUT2D eigenvalue weighted by Crippen LogP contribution is -2.38. The van der Waals surface area contributed by atoms with Crippen LogP contribution in [-0.2, 0) is 4.74 Å². The van der Waals surface area contributed by atoms with E-state index < -0.39 is 5.60 Å². The van der Waals surface area contributed by atoms with Gasteiger partial charge in [-0.15, -0.1) is 0 Å². The van der Waals surface area contributed by atoms with Crippen LogP contribution in [0.2, 0.25) is 0 Å². The largest absolute Gasteiger partial charge is 0.444 e. The number of halogens is 1. The van der Waals surface area contributed by atoms with E-state index in [9.17, 15) is 4.79 Å². The highest BCUT2D eigenvalue weighted by atomic mass is 79.9. The summed E-state index contributed by atoms with van der Waals surface area (Å²) in [5, 5.41) is 3.71. The molecule has 1 aliphatic rings. The fourth-order valence-electron chi connectivity index (χ4n) is 3.04. The average molecular weight is 397 g/mol. The van der Waals surface area contributed by atoms with Gasteiger partial charge in [-0.1, -0.05) is 34.1 Å². The van der Waals surface area contributed by atoms with E-state index in [1.165, 1.54) is 5.56 Å². The maximum atomic E-state index is 12.2. The zero-order valence-electron chi connectivity index (χ0n) is 15.1. The highest BCUT2D eigenvalue weighted by Gasteiger charge is 2.25. The van der Waals surface area contributed by atoms with Crippen molar-refractivity contribution >= 4 is 22.0 Å². The lowest BCUT2D eigenvalue weighted by atomic mass is 10.0. The summed E-state index contributed by atoms with van der Waals surface area (Å²) in [7, 11) is 0. The smallest absolute Gasteiger partial charge is 0.410 e. The summed E-state index contributed by atoms with van der Waals surface area (Å²) >= 11 is 3.62. The molecular weight excluding hydrogens is 368 g/mol. The summed E-state index contributed by atoms with van der Waals surface area (Å²) in [5.41, 5.74) is 0.834. The third-order valence-corrected chi connectivity index (χ3v) is 4.96. The number of likely N-dealkylation sites (tertiary alicyclic amines) is 1. The number of nitrogens with zero attached hydrogens (tertiary/aromatic N) is 1. The van der Waals surface area contributed by atoms with Gasteiger partial charge in [0.05, 0.1) is 0 Å². The van der Waals surface area contributed by atoms with Crippen molar-refractivity contribution in [1.29, 1.82) is 0 Å². The molecule has 1 saturated heterocycles. The second-order valence-corrected chi connectivity index (χ2v) is 8.36. The van der Waals surface area contributed by atoms with Crippen LogP contribution in [0.1, 0.15) is 58.6 Å². The lowest BCUT2D eigenvalue weighted by molar-refractivity contribution is 0.0256. The molecule has 1 aliphatic heterocycles. The number of benzene rings is 1. The number of hydrogen-bond acceptors (Lipinski definition) is 3. The molecule has 1 heterocycles. The maximum Gasteiger partial charge on any atom is 0.410 e. The summed E-state index contributed by atoms with van der Waals surface area (Å²) in [6.07, 6.45) is 2.84. The Labute approximate surface area is 154 Å². The van der Waals surface area contributed by atoms with Crippen LogP contribution in [0.25, 0.3) is 0 Å². The first-order valence-corrected chi connectivity index (χ1v) is 9.54. The van der Waals surface area contributed by atoms with Crippen molar-refractivity contribution in [1.82, 2.24) is 10.2 Å². The summed E-state index contributed by atoms with van der Waals surface area (Å²) in [6.45, 7) is 9.44. The van der Waals surface area contributed by atoms with E-state index >= 15 is 0 Å². The van der Waals surface area contributed by atoms with Crippen LogP contribution in [0.15, 0.2) is 28.7 Å². The Morgan fingerprint density at radius 2 is 2.00 bits per heavy atom. The lowest BCUT2D eigenvalue weighted by Gasteiger charge is -2.26. The van der Waals surface area contributed by atoms with Crippen molar-refractivity contribution in [3.63, 3.8) is 0 Å². The Morgan fingerprint density at radius 3 is 2.67 bits per heavy atom. The number of amides is 1. The fourth-order valence-corrected chi connectivity index (χ4v) is 3.67. The number of nitrogens with one attached hydrogen (secondary N) is 1. The molecule has 2 rings (SSSR count). The predicted octanol–water partition coefficient (Wildman–Crippen LogP) is 4.89. The molecule has 0 spiro atoms. The second kappa shape index (κ2) is 8.34. The van der Waals surface area contributed by atoms with Crippen molar-refractivity contribution < 1.29 is 9.53 Å². The van der Waals surface area contributed by atoms with Crippen LogP contribution in [0.4, 0.5) is 4.79 Å². The van der Waals surface area contributed by atoms with Gasteiger partial charge in [0.1, 0.15) is 5.60 Å². The highest BCUT2D eigenvalue weighted by Crippen LogP contribution is 2.24.